The summed E-state index contributed by atoms with van der Waals surface area (Å²) in [6.07, 6.45) is 1.15. The highest BCUT2D eigenvalue weighted by molar-refractivity contribution is 6.32. The van der Waals surface area contributed by atoms with E-state index in [1.165, 1.54) is 18.2 Å². The summed E-state index contributed by atoms with van der Waals surface area (Å²) in [5.41, 5.74) is -0.250. The molecule has 1 aromatic carbocycles. The molecule has 0 fully saturated rings. The van der Waals surface area contributed by atoms with Crippen LogP contribution in [0.5, 0.6) is 0 Å². The predicted octanol–water partition coefficient (Wildman–Crippen LogP) is 1.53. The van der Waals surface area contributed by atoms with E-state index in [-0.39, 0.29) is 16.4 Å². The van der Waals surface area contributed by atoms with Gasteiger partial charge in [-0.05, 0) is 12.1 Å². The van der Waals surface area contributed by atoms with Gasteiger partial charge in [-0.25, -0.2) is 9.48 Å². The van der Waals surface area contributed by atoms with Gasteiger partial charge in [0.05, 0.1) is 16.8 Å². The quantitative estimate of drug-likeness (QED) is 0.667. The van der Waals surface area contributed by atoms with Crippen LogP contribution in [-0.2, 0) is 0 Å². The number of hydrogen-bond donors (Lipinski definition) is 1. The highest BCUT2D eigenvalue weighted by Gasteiger charge is 2.15. The summed E-state index contributed by atoms with van der Waals surface area (Å²) >= 11 is 5.65. The maximum absolute atomic E-state index is 10.7. The third-order valence-electron chi connectivity index (χ3n) is 2.10. The first-order valence-electron chi connectivity index (χ1n) is 4.59. The van der Waals surface area contributed by atoms with Gasteiger partial charge < -0.3 is 5.11 Å². The fraction of sp³-hybridized carbons (Fsp3) is 0. The second-order valence-electron chi connectivity index (χ2n) is 3.25. The van der Waals surface area contributed by atoms with E-state index in [9.17, 15) is 14.9 Å². The Labute approximate surface area is 105 Å². The SMILES string of the molecule is O=C(O)c1cn(-c2ccc(Cl)c([N+](=O)[O-])c2)nn1. The lowest BCUT2D eigenvalue weighted by atomic mass is 10.3. The molecule has 0 saturated carbocycles. The van der Waals surface area contributed by atoms with E-state index < -0.39 is 10.9 Å². The van der Waals surface area contributed by atoms with E-state index >= 15 is 0 Å². The Morgan fingerprint density at radius 1 is 1.50 bits per heavy atom. The number of nitrogens with zero attached hydrogens (tertiary/aromatic N) is 4. The number of aromatic nitrogens is 3. The summed E-state index contributed by atoms with van der Waals surface area (Å²) in [5, 5.41) is 26.3. The van der Waals surface area contributed by atoms with Crippen molar-refractivity contribution in [3.63, 3.8) is 0 Å². The molecule has 0 radical (unpaired) electrons. The summed E-state index contributed by atoms with van der Waals surface area (Å²) in [4.78, 5) is 20.7. The Morgan fingerprint density at radius 2 is 2.22 bits per heavy atom. The van der Waals surface area contributed by atoms with Crippen molar-refractivity contribution < 1.29 is 14.8 Å². The van der Waals surface area contributed by atoms with Crippen LogP contribution in [-0.4, -0.2) is 31.0 Å². The van der Waals surface area contributed by atoms with Gasteiger partial charge in [0.25, 0.3) is 5.69 Å². The zero-order valence-corrected chi connectivity index (χ0v) is 9.40. The molecular weight excluding hydrogens is 264 g/mol. The molecular formula is C9H5ClN4O4. The van der Waals surface area contributed by atoms with Crippen molar-refractivity contribution in [3.05, 3.63) is 45.2 Å². The first-order chi connectivity index (χ1) is 8.49. The predicted molar refractivity (Wildman–Crippen MR) is 60.0 cm³/mol. The van der Waals surface area contributed by atoms with Crippen molar-refractivity contribution in [1.82, 2.24) is 15.0 Å². The van der Waals surface area contributed by atoms with Gasteiger partial charge in [-0.1, -0.05) is 16.8 Å². The van der Waals surface area contributed by atoms with Crippen LogP contribution >= 0.6 is 11.6 Å². The topological polar surface area (TPSA) is 111 Å². The minimum atomic E-state index is -1.23. The zero-order valence-electron chi connectivity index (χ0n) is 8.65. The Hall–Kier alpha value is -2.48. The molecule has 18 heavy (non-hydrogen) atoms. The lowest BCUT2D eigenvalue weighted by Crippen LogP contribution is -1.97. The van der Waals surface area contributed by atoms with Crippen molar-refractivity contribution >= 4 is 23.3 Å². The number of rotatable bonds is 3. The van der Waals surface area contributed by atoms with Crippen LogP contribution in [0.4, 0.5) is 5.69 Å². The number of carboxylic acid groups (broad SMARTS) is 1. The first-order valence-corrected chi connectivity index (χ1v) is 4.97. The highest BCUT2D eigenvalue weighted by Crippen LogP contribution is 2.26. The van der Waals surface area contributed by atoms with E-state index in [4.69, 9.17) is 16.7 Å². The third-order valence-corrected chi connectivity index (χ3v) is 2.42. The second kappa shape index (κ2) is 4.41. The minimum Gasteiger partial charge on any atom is -0.476 e. The largest absolute Gasteiger partial charge is 0.476 e. The lowest BCUT2D eigenvalue weighted by Gasteiger charge is -2.00. The molecule has 0 saturated heterocycles. The van der Waals surface area contributed by atoms with Crippen molar-refractivity contribution in [2.24, 2.45) is 0 Å². The fourth-order valence-electron chi connectivity index (χ4n) is 1.27. The van der Waals surface area contributed by atoms with Crippen LogP contribution in [0, 0.1) is 10.1 Å². The molecule has 2 rings (SSSR count). The molecule has 1 N–H and O–H groups in total. The standard InChI is InChI=1S/C9H5ClN4O4/c10-6-2-1-5(3-8(6)14(17)18)13-4-7(9(15)16)11-12-13/h1-4H,(H,15,16). The number of nitro groups is 1. The highest BCUT2D eigenvalue weighted by atomic mass is 35.5. The third kappa shape index (κ3) is 2.13. The number of nitro benzene ring substituents is 1. The van der Waals surface area contributed by atoms with Gasteiger partial charge in [-0.15, -0.1) is 5.10 Å². The number of hydrogen-bond acceptors (Lipinski definition) is 5. The molecule has 92 valence electrons. The molecule has 1 heterocycles. The van der Waals surface area contributed by atoms with Gasteiger partial charge in [0.15, 0.2) is 5.69 Å². The maximum Gasteiger partial charge on any atom is 0.358 e. The minimum absolute atomic E-state index is 0.0117. The van der Waals surface area contributed by atoms with Crippen molar-refractivity contribution in [2.75, 3.05) is 0 Å². The molecule has 8 nitrogen and oxygen atoms in total. The van der Waals surface area contributed by atoms with E-state index in [2.05, 4.69) is 10.3 Å². The smallest absolute Gasteiger partial charge is 0.358 e. The number of carbonyl (C=O) groups is 1. The number of halogens is 1. The molecule has 0 atom stereocenters. The summed E-state index contributed by atoms with van der Waals surface area (Å²) in [6, 6.07) is 3.98. The van der Waals surface area contributed by atoms with Crippen LogP contribution in [0.15, 0.2) is 24.4 Å². The molecule has 9 heteroatoms. The molecule has 0 aliphatic heterocycles. The summed E-state index contributed by atoms with van der Waals surface area (Å²) < 4.78 is 1.12. The van der Waals surface area contributed by atoms with Crippen LogP contribution < -0.4 is 0 Å². The number of carboxylic acids is 1. The Morgan fingerprint density at radius 3 is 2.78 bits per heavy atom. The second-order valence-corrected chi connectivity index (χ2v) is 3.65. The fourth-order valence-corrected chi connectivity index (χ4v) is 1.46. The van der Waals surface area contributed by atoms with E-state index in [0.29, 0.717) is 5.69 Å². The Kier molecular flexibility index (Phi) is 2.94. The molecule has 2 aromatic rings. The van der Waals surface area contributed by atoms with E-state index in [1.807, 2.05) is 0 Å². The van der Waals surface area contributed by atoms with Gasteiger partial charge in [-0.3, -0.25) is 10.1 Å². The van der Waals surface area contributed by atoms with Crippen molar-refractivity contribution in [2.45, 2.75) is 0 Å². The van der Waals surface area contributed by atoms with Gasteiger partial charge in [0, 0.05) is 6.07 Å². The molecule has 1 aromatic heterocycles. The summed E-state index contributed by atoms with van der Waals surface area (Å²) in [7, 11) is 0. The average Bonchev–Trinajstić information content (AvgIpc) is 2.78. The molecule has 0 aliphatic rings. The van der Waals surface area contributed by atoms with Gasteiger partial charge in [0.2, 0.25) is 0 Å². The van der Waals surface area contributed by atoms with Crippen LogP contribution in [0.3, 0.4) is 0 Å². The summed E-state index contributed by atoms with van der Waals surface area (Å²) in [5.74, 6) is -1.23. The molecule has 0 aliphatic carbocycles. The van der Waals surface area contributed by atoms with Gasteiger partial charge in [-0.2, -0.15) is 0 Å². The number of benzene rings is 1. The zero-order chi connectivity index (χ0) is 13.3. The monoisotopic (exact) mass is 268 g/mol. The van der Waals surface area contributed by atoms with E-state index in [1.54, 1.807) is 0 Å². The van der Waals surface area contributed by atoms with Crippen molar-refractivity contribution in [3.8, 4) is 5.69 Å². The van der Waals surface area contributed by atoms with Gasteiger partial charge in [0.1, 0.15) is 5.02 Å². The van der Waals surface area contributed by atoms with Crippen LogP contribution in [0.25, 0.3) is 5.69 Å². The van der Waals surface area contributed by atoms with E-state index in [0.717, 1.165) is 10.9 Å². The Balaban J connectivity index is 2.47. The summed E-state index contributed by atoms with van der Waals surface area (Å²) in [6.45, 7) is 0. The average molecular weight is 269 g/mol. The number of aromatic carboxylic acids is 1. The normalized spacial score (nSPS) is 10.3. The first kappa shape index (κ1) is 12.0. The molecule has 0 unspecified atom stereocenters. The van der Waals surface area contributed by atoms with Crippen LogP contribution in [0.2, 0.25) is 5.02 Å². The van der Waals surface area contributed by atoms with Crippen molar-refractivity contribution in [1.29, 1.82) is 0 Å². The Bertz CT molecular complexity index is 639. The van der Waals surface area contributed by atoms with Crippen LogP contribution in [0.1, 0.15) is 10.5 Å². The molecule has 0 spiro atoms. The lowest BCUT2D eigenvalue weighted by molar-refractivity contribution is -0.384. The van der Waals surface area contributed by atoms with Gasteiger partial charge >= 0.3 is 5.97 Å². The molecule has 0 amide bonds. The maximum atomic E-state index is 10.7. The molecule has 0 bridgehead atoms.